The van der Waals surface area contributed by atoms with Crippen LogP contribution in [0.2, 0.25) is 0 Å². The molecule has 0 atom stereocenters. The number of benzene rings is 2. The first-order valence-corrected chi connectivity index (χ1v) is 8.40. The first kappa shape index (κ1) is 13.7. The second kappa shape index (κ2) is 6.43. The number of fused-ring (bicyclic) bond motifs is 1. The number of aryl methyl sites for hydroxylation is 1. The number of rotatable bonds is 5. The Balaban J connectivity index is 2.00. The predicted octanol–water partition coefficient (Wildman–Crippen LogP) is 6.23. The van der Waals surface area contributed by atoms with Gasteiger partial charge >= 0.3 is 0 Å². The van der Waals surface area contributed by atoms with Crippen molar-refractivity contribution in [2.45, 2.75) is 64.2 Å². The molecule has 0 aromatic heterocycles. The summed E-state index contributed by atoms with van der Waals surface area (Å²) in [6.45, 7) is 2.29. The second-order valence-corrected chi connectivity index (χ2v) is 6.29. The lowest BCUT2D eigenvalue weighted by atomic mass is 9.87. The summed E-state index contributed by atoms with van der Waals surface area (Å²) in [7, 11) is 0. The number of hydrogen-bond acceptors (Lipinski definition) is 0. The Kier molecular flexibility index (Phi) is 4.40. The van der Waals surface area contributed by atoms with Crippen molar-refractivity contribution >= 4 is 10.8 Å². The van der Waals surface area contributed by atoms with Gasteiger partial charge in [-0.3, -0.25) is 0 Å². The molecule has 106 valence electrons. The molecule has 0 radical (unpaired) electrons. The van der Waals surface area contributed by atoms with Crippen LogP contribution in [0.1, 0.15) is 68.9 Å². The van der Waals surface area contributed by atoms with Crippen molar-refractivity contribution in [3.8, 4) is 0 Å². The lowest BCUT2D eigenvalue weighted by Crippen LogP contribution is -2.00. The van der Waals surface area contributed by atoms with Gasteiger partial charge in [0, 0.05) is 0 Å². The summed E-state index contributed by atoms with van der Waals surface area (Å²) in [4.78, 5) is 0. The molecule has 2 aromatic rings. The van der Waals surface area contributed by atoms with E-state index in [9.17, 15) is 0 Å². The molecule has 0 spiro atoms. The van der Waals surface area contributed by atoms with Crippen LogP contribution in [0.4, 0.5) is 0 Å². The van der Waals surface area contributed by atoms with Gasteiger partial charge in [0.15, 0.2) is 0 Å². The first-order chi connectivity index (χ1) is 9.90. The van der Waals surface area contributed by atoms with Gasteiger partial charge in [-0.15, -0.1) is 0 Å². The molecule has 20 heavy (non-hydrogen) atoms. The van der Waals surface area contributed by atoms with Crippen molar-refractivity contribution < 1.29 is 0 Å². The number of unbranched alkanes of at least 4 members (excludes halogenated alkanes) is 2. The van der Waals surface area contributed by atoms with E-state index in [1.165, 1.54) is 62.1 Å². The monoisotopic (exact) mass is 266 g/mol. The van der Waals surface area contributed by atoms with E-state index >= 15 is 0 Å². The highest BCUT2D eigenvalue weighted by Gasteiger charge is 2.20. The Morgan fingerprint density at radius 1 is 0.950 bits per heavy atom. The van der Waals surface area contributed by atoms with Crippen molar-refractivity contribution in [1.82, 2.24) is 0 Å². The van der Waals surface area contributed by atoms with Gasteiger partial charge in [0.1, 0.15) is 0 Å². The van der Waals surface area contributed by atoms with E-state index in [-0.39, 0.29) is 0 Å². The first-order valence-electron chi connectivity index (χ1n) is 8.40. The molecule has 2 aromatic carbocycles. The molecule has 1 aliphatic rings. The summed E-state index contributed by atoms with van der Waals surface area (Å²) in [6, 6.07) is 13.7. The zero-order valence-electron chi connectivity index (χ0n) is 12.7. The molecular formula is C20H26. The van der Waals surface area contributed by atoms with E-state index in [1.807, 2.05) is 0 Å². The van der Waals surface area contributed by atoms with Crippen LogP contribution >= 0.6 is 0 Å². The molecule has 3 rings (SSSR count). The van der Waals surface area contributed by atoms with Crippen LogP contribution in [0.15, 0.2) is 36.4 Å². The minimum absolute atomic E-state index is 0.830. The Morgan fingerprint density at radius 2 is 1.75 bits per heavy atom. The summed E-state index contributed by atoms with van der Waals surface area (Å²) in [5, 5.41) is 2.92. The fourth-order valence-corrected chi connectivity index (χ4v) is 3.80. The summed E-state index contributed by atoms with van der Waals surface area (Å²) in [5.41, 5.74) is 3.32. The van der Waals surface area contributed by atoms with Crippen LogP contribution in [0.3, 0.4) is 0 Å². The fraction of sp³-hybridized carbons (Fsp3) is 0.500. The normalized spacial score (nSPS) is 16.1. The molecule has 0 N–H and O–H groups in total. The average molecular weight is 266 g/mol. The van der Waals surface area contributed by atoms with E-state index < -0.39 is 0 Å². The third kappa shape index (κ3) is 2.75. The maximum Gasteiger partial charge on any atom is -0.0149 e. The van der Waals surface area contributed by atoms with Crippen molar-refractivity contribution in [3.05, 3.63) is 47.5 Å². The van der Waals surface area contributed by atoms with E-state index in [0.29, 0.717) is 0 Å². The van der Waals surface area contributed by atoms with Gasteiger partial charge in [0.05, 0.1) is 0 Å². The van der Waals surface area contributed by atoms with Gasteiger partial charge in [0.2, 0.25) is 0 Å². The topological polar surface area (TPSA) is 0 Å². The van der Waals surface area contributed by atoms with Gasteiger partial charge < -0.3 is 0 Å². The highest BCUT2D eigenvalue weighted by Crippen LogP contribution is 2.38. The van der Waals surface area contributed by atoms with E-state index in [2.05, 4.69) is 43.3 Å². The van der Waals surface area contributed by atoms with Crippen LogP contribution in [0, 0.1) is 0 Å². The predicted molar refractivity (Wildman–Crippen MR) is 88.4 cm³/mol. The zero-order chi connectivity index (χ0) is 13.8. The summed E-state index contributed by atoms with van der Waals surface area (Å²) >= 11 is 0. The zero-order valence-corrected chi connectivity index (χ0v) is 12.7. The van der Waals surface area contributed by atoms with E-state index in [0.717, 1.165) is 5.92 Å². The van der Waals surface area contributed by atoms with Gasteiger partial charge in [-0.2, -0.15) is 0 Å². The Morgan fingerprint density at radius 3 is 2.55 bits per heavy atom. The molecule has 1 aliphatic carbocycles. The molecule has 0 amide bonds. The Bertz CT molecular complexity index is 561. The summed E-state index contributed by atoms with van der Waals surface area (Å²) < 4.78 is 0. The Hall–Kier alpha value is -1.30. The molecular weight excluding hydrogens is 240 g/mol. The summed E-state index contributed by atoms with van der Waals surface area (Å²) in [6.07, 6.45) is 10.9. The maximum atomic E-state index is 2.43. The van der Waals surface area contributed by atoms with Gasteiger partial charge in [-0.25, -0.2) is 0 Å². The van der Waals surface area contributed by atoms with E-state index in [4.69, 9.17) is 0 Å². The van der Waals surface area contributed by atoms with Crippen LogP contribution in [0.5, 0.6) is 0 Å². The van der Waals surface area contributed by atoms with Gasteiger partial charge in [-0.1, -0.05) is 69.0 Å². The standard InChI is InChI=1S/C20H26/c1-2-3-4-13-20-18-12-8-7-11-17(18)14-15-19(20)16-9-5-6-10-16/h7-8,11-12,14-16H,2-6,9-10,13H2,1H3. The van der Waals surface area contributed by atoms with Gasteiger partial charge in [0.25, 0.3) is 0 Å². The van der Waals surface area contributed by atoms with Crippen LogP contribution in [-0.4, -0.2) is 0 Å². The molecule has 0 heterocycles. The van der Waals surface area contributed by atoms with Crippen molar-refractivity contribution in [3.63, 3.8) is 0 Å². The number of hydrogen-bond donors (Lipinski definition) is 0. The highest BCUT2D eigenvalue weighted by atomic mass is 14.3. The fourth-order valence-electron chi connectivity index (χ4n) is 3.80. The molecule has 0 heteroatoms. The van der Waals surface area contributed by atoms with Crippen LogP contribution < -0.4 is 0 Å². The van der Waals surface area contributed by atoms with Crippen LogP contribution in [0.25, 0.3) is 10.8 Å². The highest BCUT2D eigenvalue weighted by molar-refractivity contribution is 5.87. The molecule has 0 nitrogen and oxygen atoms in total. The minimum Gasteiger partial charge on any atom is -0.0654 e. The van der Waals surface area contributed by atoms with Crippen molar-refractivity contribution in [2.24, 2.45) is 0 Å². The van der Waals surface area contributed by atoms with Gasteiger partial charge in [-0.05, 0) is 53.5 Å². The molecule has 0 unspecified atom stereocenters. The van der Waals surface area contributed by atoms with Crippen molar-refractivity contribution in [1.29, 1.82) is 0 Å². The lowest BCUT2D eigenvalue weighted by molar-refractivity contribution is 0.685. The largest absolute Gasteiger partial charge is 0.0654 e. The SMILES string of the molecule is CCCCCc1c(C2CCCC2)ccc2ccccc12. The molecule has 1 fully saturated rings. The average Bonchev–Trinajstić information content (AvgIpc) is 3.01. The summed E-state index contributed by atoms with van der Waals surface area (Å²) in [5.74, 6) is 0.830. The quantitative estimate of drug-likeness (QED) is 0.563. The molecule has 0 aliphatic heterocycles. The smallest absolute Gasteiger partial charge is 0.0149 e. The van der Waals surface area contributed by atoms with Crippen LogP contribution in [-0.2, 0) is 6.42 Å². The lowest BCUT2D eigenvalue weighted by Gasteiger charge is -2.18. The molecule has 0 saturated heterocycles. The maximum absolute atomic E-state index is 2.43. The second-order valence-electron chi connectivity index (χ2n) is 6.29. The van der Waals surface area contributed by atoms with Crippen molar-refractivity contribution in [2.75, 3.05) is 0 Å². The third-order valence-electron chi connectivity index (χ3n) is 4.90. The molecule has 0 bridgehead atoms. The Labute approximate surface area is 123 Å². The van der Waals surface area contributed by atoms with E-state index in [1.54, 1.807) is 11.1 Å². The molecule has 1 saturated carbocycles. The minimum atomic E-state index is 0.830. The third-order valence-corrected chi connectivity index (χ3v) is 4.90.